The van der Waals surface area contributed by atoms with E-state index in [0.717, 1.165) is 0 Å². The predicted octanol–water partition coefficient (Wildman–Crippen LogP) is 2.91. The van der Waals surface area contributed by atoms with Crippen molar-refractivity contribution in [2.45, 2.75) is 0 Å². The summed E-state index contributed by atoms with van der Waals surface area (Å²) >= 11 is 1.74. The van der Waals surface area contributed by atoms with E-state index in [0.29, 0.717) is 0 Å². The highest BCUT2D eigenvalue weighted by Gasteiger charge is 1.96. The average molecular weight is 190 g/mol. The average Bonchev–Trinajstić information content (AvgIpc) is 2.57. The highest BCUT2D eigenvalue weighted by molar-refractivity contribution is 7.19. The largest absolute Gasteiger partial charge is 0.392 e. The minimum Gasteiger partial charge on any atom is -0.392 e. The normalized spacial score (nSPS) is 11.5. The molecular formula is C11H10OS. The van der Waals surface area contributed by atoms with Crippen molar-refractivity contribution >= 4 is 27.5 Å². The second kappa shape index (κ2) is 3.73. The zero-order valence-electron chi connectivity index (χ0n) is 7.10. The molecule has 1 N–H and O–H groups in total. The van der Waals surface area contributed by atoms with Gasteiger partial charge in [-0.05, 0) is 23.6 Å². The van der Waals surface area contributed by atoms with Crippen molar-refractivity contribution in [3.8, 4) is 0 Å². The van der Waals surface area contributed by atoms with Crippen molar-refractivity contribution < 1.29 is 5.11 Å². The van der Waals surface area contributed by atoms with Gasteiger partial charge in [-0.2, -0.15) is 0 Å². The van der Waals surface area contributed by atoms with Crippen LogP contribution in [0.3, 0.4) is 0 Å². The molecule has 2 rings (SSSR count). The molecule has 0 bridgehead atoms. The Morgan fingerprint density at radius 3 is 2.92 bits per heavy atom. The molecule has 0 aliphatic carbocycles. The first-order valence-corrected chi connectivity index (χ1v) is 4.98. The fourth-order valence-corrected chi connectivity index (χ4v) is 2.25. The maximum atomic E-state index is 8.62. The molecule has 0 amide bonds. The van der Waals surface area contributed by atoms with E-state index in [4.69, 9.17) is 5.11 Å². The number of fused-ring (bicyclic) bond motifs is 1. The van der Waals surface area contributed by atoms with E-state index in [1.165, 1.54) is 15.0 Å². The Bertz CT molecular complexity index is 395. The van der Waals surface area contributed by atoms with Gasteiger partial charge in [0, 0.05) is 9.58 Å². The number of aliphatic hydroxyl groups excluding tert-OH is 1. The van der Waals surface area contributed by atoms with Crippen molar-refractivity contribution in [2.75, 3.05) is 6.61 Å². The number of rotatable bonds is 2. The van der Waals surface area contributed by atoms with Crippen LogP contribution in [0.15, 0.2) is 36.4 Å². The molecule has 0 unspecified atom stereocenters. The third-order valence-electron chi connectivity index (χ3n) is 1.83. The number of hydrogen-bond acceptors (Lipinski definition) is 2. The molecule has 0 saturated heterocycles. The van der Waals surface area contributed by atoms with Gasteiger partial charge in [0.05, 0.1) is 6.61 Å². The number of thiophene rings is 1. The summed E-state index contributed by atoms with van der Waals surface area (Å²) < 4.78 is 1.29. The lowest BCUT2D eigenvalue weighted by atomic mass is 10.2. The van der Waals surface area contributed by atoms with Crippen LogP contribution in [0.1, 0.15) is 4.88 Å². The monoisotopic (exact) mass is 190 g/mol. The maximum absolute atomic E-state index is 8.62. The van der Waals surface area contributed by atoms with Crippen LogP contribution in [0.25, 0.3) is 16.2 Å². The third kappa shape index (κ3) is 1.79. The topological polar surface area (TPSA) is 20.2 Å². The molecule has 1 heterocycles. The van der Waals surface area contributed by atoms with E-state index in [1.807, 2.05) is 18.2 Å². The van der Waals surface area contributed by atoms with Crippen LogP contribution in [-0.2, 0) is 0 Å². The molecule has 1 aromatic carbocycles. The molecule has 2 heteroatoms. The molecule has 66 valence electrons. The molecule has 1 nitrogen and oxygen atoms in total. The molecule has 0 aliphatic rings. The molecule has 13 heavy (non-hydrogen) atoms. The standard InChI is InChI=1S/C11H10OS/c12-7-3-5-10-8-9-4-1-2-6-11(9)13-10/h1-6,8,12H,7H2/b5-3+. The third-order valence-corrected chi connectivity index (χ3v) is 2.91. The lowest BCUT2D eigenvalue weighted by Gasteiger charge is -1.82. The number of benzene rings is 1. The van der Waals surface area contributed by atoms with Gasteiger partial charge in [0.15, 0.2) is 0 Å². The van der Waals surface area contributed by atoms with Crippen LogP contribution in [0.2, 0.25) is 0 Å². The van der Waals surface area contributed by atoms with Gasteiger partial charge in [-0.15, -0.1) is 11.3 Å². The van der Waals surface area contributed by atoms with E-state index in [2.05, 4.69) is 18.2 Å². The lowest BCUT2D eigenvalue weighted by Crippen LogP contribution is -1.68. The first-order chi connectivity index (χ1) is 6.40. The van der Waals surface area contributed by atoms with Gasteiger partial charge in [0.2, 0.25) is 0 Å². The van der Waals surface area contributed by atoms with Crippen molar-refractivity contribution in [3.63, 3.8) is 0 Å². The van der Waals surface area contributed by atoms with Crippen molar-refractivity contribution in [1.82, 2.24) is 0 Å². The highest BCUT2D eigenvalue weighted by Crippen LogP contribution is 2.25. The van der Waals surface area contributed by atoms with Gasteiger partial charge < -0.3 is 5.11 Å². The lowest BCUT2D eigenvalue weighted by molar-refractivity contribution is 0.343. The summed E-state index contributed by atoms with van der Waals surface area (Å²) in [6.45, 7) is 0.105. The van der Waals surface area contributed by atoms with E-state index in [1.54, 1.807) is 17.4 Å². The zero-order chi connectivity index (χ0) is 9.10. The SMILES string of the molecule is OC/C=C/c1cc2ccccc2s1. The van der Waals surface area contributed by atoms with Crippen LogP contribution in [0.5, 0.6) is 0 Å². The number of aliphatic hydroxyl groups is 1. The van der Waals surface area contributed by atoms with Gasteiger partial charge in [0.25, 0.3) is 0 Å². The molecule has 2 aromatic rings. The van der Waals surface area contributed by atoms with Gasteiger partial charge in [-0.1, -0.05) is 24.3 Å². The van der Waals surface area contributed by atoms with E-state index in [9.17, 15) is 0 Å². The van der Waals surface area contributed by atoms with Crippen molar-refractivity contribution in [1.29, 1.82) is 0 Å². The summed E-state index contributed by atoms with van der Waals surface area (Å²) in [6.07, 6.45) is 3.70. The van der Waals surface area contributed by atoms with Crippen molar-refractivity contribution in [2.24, 2.45) is 0 Å². The fraction of sp³-hybridized carbons (Fsp3) is 0.0909. The molecule has 0 radical (unpaired) electrons. The number of hydrogen-bond donors (Lipinski definition) is 1. The first kappa shape index (κ1) is 8.48. The summed E-state index contributed by atoms with van der Waals surface area (Å²) in [6, 6.07) is 10.4. The molecule has 1 aromatic heterocycles. The molecule has 0 aliphatic heterocycles. The Morgan fingerprint density at radius 1 is 1.31 bits per heavy atom. The van der Waals surface area contributed by atoms with E-state index in [-0.39, 0.29) is 6.61 Å². The summed E-state index contributed by atoms with van der Waals surface area (Å²) in [7, 11) is 0. The van der Waals surface area contributed by atoms with Crippen molar-refractivity contribution in [3.05, 3.63) is 41.3 Å². The molecule has 0 spiro atoms. The first-order valence-electron chi connectivity index (χ1n) is 4.16. The summed E-state index contributed by atoms with van der Waals surface area (Å²) in [5, 5.41) is 9.89. The summed E-state index contributed by atoms with van der Waals surface area (Å²) in [5.74, 6) is 0. The molecule has 0 saturated carbocycles. The Kier molecular flexibility index (Phi) is 2.43. The Labute approximate surface area is 81.0 Å². The van der Waals surface area contributed by atoms with Crippen LogP contribution in [-0.4, -0.2) is 11.7 Å². The summed E-state index contributed by atoms with van der Waals surface area (Å²) in [4.78, 5) is 1.19. The van der Waals surface area contributed by atoms with Gasteiger partial charge >= 0.3 is 0 Å². The highest BCUT2D eigenvalue weighted by atomic mass is 32.1. The summed E-state index contributed by atoms with van der Waals surface area (Å²) in [5.41, 5.74) is 0. The van der Waals surface area contributed by atoms with Crippen LogP contribution in [0.4, 0.5) is 0 Å². The second-order valence-electron chi connectivity index (χ2n) is 2.77. The minimum absolute atomic E-state index is 0.105. The van der Waals surface area contributed by atoms with Gasteiger partial charge in [0.1, 0.15) is 0 Å². The molecule has 0 fully saturated rings. The van der Waals surface area contributed by atoms with Gasteiger partial charge in [-0.3, -0.25) is 0 Å². The Balaban J connectivity index is 2.44. The minimum atomic E-state index is 0.105. The maximum Gasteiger partial charge on any atom is 0.0615 e. The van der Waals surface area contributed by atoms with Crippen LogP contribution < -0.4 is 0 Å². The smallest absolute Gasteiger partial charge is 0.0615 e. The van der Waals surface area contributed by atoms with Gasteiger partial charge in [-0.25, -0.2) is 0 Å². The fourth-order valence-electron chi connectivity index (χ4n) is 1.25. The Morgan fingerprint density at radius 2 is 2.15 bits per heavy atom. The molecular weight excluding hydrogens is 180 g/mol. The van der Waals surface area contributed by atoms with Crippen LogP contribution in [0, 0.1) is 0 Å². The molecule has 0 atom stereocenters. The zero-order valence-corrected chi connectivity index (χ0v) is 7.92. The Hall–Kier alpha value is -1.12. The quantitative estimate of drug-likeness (QED) is 0.772. The predicted molar refractivity (Wildman–Crippen MR) is 57.9 cm³/mol. The van der Waals surface area contributed by atoms with E-state index >= 15 is 0 Å². The van der Waals surface area contributed by atoms with Crippen LogP contribution >= 0.6 is 11.3 Å². The second-order valence-corrected chi connectivity index (χ2v) is 3.89. The van der Waals surface area contributed by atoms with E-state index < -0.39 is 0 Å².